The molecule has 37 heavy (non-hydrogen) atoms. The molecule has 2 aromatic carbocycles. The van der Waals surface area contributed by atoms with Gasteiger partial charge in [0, 0.05) is 61.8 Å². The van der Waals surface area contributed by atoms with Gasteiger partial charge in [0.15, 0.2) is 0 Å². The third kappa shape index (κ3) is 6.19. The van der Waals surface area contributed by atoms with Gasteiger partial charge in [-0.15, -0.1) is 0 Å². The van der Waals surface area contributed by atoms with Crippen LogP contribution in [0.2, 0.25) is 5.02 Å². The van der Waals surface area contributed by atoms with Crippen molar-refractivity contribution < 1.29 is 14.3 Å². The van der Waals surface area contributed by atoms with Gasteiger partial charge in [0.2, 0.25) is 5.95 Å². The van der Waals surface area contributed by atoms with Crippen molar-refractivity contribution in [2.24, 2.45) is 7.05 Å². The summed E-state index contributed by atoms with van der Waals surface area (Å²) in [7, 11) is 3.62. The summed E-state index contributed by atoms with van der Waals surface area (Å²) in [6.07, 6.45) is 2.38. The van der Waals surface area contributed by atoms with E-state index in [9.17, 15) is 4.79 Å². The number of benzene rings is 2. The van der Waals surface area contributed by atoms with Crippen molar-refractivity contribution in [1.29, 1.82) is 0 Å². The average Bonchev–Trinajstić information content (AvgIpc) is 3.44. The highest BCUT2D eigenvalue weighted by Crippen LogP contribution is 2.28. The van der Waals surface area contributed by atoms with E-state index in [4.69, 9.17) is 26.1 Å². The SMILES string of the molecule is C.COC[C@H]1C[C@@H](NC(=O)c2cc(Oc3ccc4c(c3)nc(Nc3ccc(Cl)cc3)n4C)ccn2)CN1. The van der Waals surface area contributed by atoms with Crippen molar-refractivity contribution in [2.45, 2.75) is 25.9 Å². The lowest BCUT2D eigenvalue weighted by Gasteiger charge is -2.12. The Morgan fingerprint density at radius 3 is 2.73 bits per heavy atom. The van der Waals surface area contributed by atoms with E-state index < -0.39 is 0 Å². The van der Waals surface area contributed by atoms with Crippen LogP contribution in [0.25, 0.3) is 11.0 Å². The van der Waals surface area contributed by atoms with Gasteiger partial charge >= 0.3 is 0 Å². The Balaban J connectivity index is 0.00000320. The summed E-state index contributed by atoms with van der Waals surface area (Å²) in [5, 5.41) is 10.4. The zero-order valence-electron chi connectivity index (χ0n) is 20.0. The number of rotatable bonds is 8. The number of pyridine rings is 1. The first-order valence-electron chi connectivity index (χ1n) is 11.6. The fraction of sp³-hybridized carbons (Fsp3) is 0.296. The Bertz CT molecular complexity index is 1370. The molecule has 2 aromatic heterocycles. The van der Waals surface area contributed by atoms with Crippen LogP contribution in [-0.4, -0.2) is 52.8 Å². The van der Waals surface area contributed by atoms with Gasteiger partial charge in [-0.1, -0.05) is 19.0 Å². The third-order valence-corrected chi connectivity index (χ3v) is 6.33. The molecule has 0 bridgehead atoms. The largest absolute Gasteiger partial charge is 0.457 e. The summed E-state index contributed by atoms with van der Waals surface area (Å²) in [5.41, 5.74) is 2.92. The summed E-state index contributed by atoms with van der Waals surface area (Å²) >= 11 is 5.98. The standard InChI is InChI=1S/C26H27ClN6O3.CH4/c1-33-24-8-7-20(12-22(24)32-26(33)31-17-5-3-16(27)4-6-17)36-21-9-10-28-23(13-21)25(34)30-18-11-19(15-35-2)29-14-18;/h3-10,12-13,18-19,29H,11,14-15H2,1-2H3,(H,30,34)(H,31,32);1H4/t18-,19-;/m1./s1. The molecule has 1 saturated heterocycles. The van der Waals surface area contributed by atoms with Crippen molar-refractivity contribution in [1.82, 2.24) is 25.2 Å². The summed E-state index contributed by atoms with van der Waals surface area (Å²) < 4.78 is 13.2. The Kier molecular flexibility index (Phi) is 8.27. The summed E-state index contributed by atoms with van der Waals surface area (Å²) in [6.45, 7) is 1.32. The van der Waals surface area contributed by atoms with Crippen molar-refractivity contribution in [3.63, 3.8) is 0 Å². The number of aryl methyl sites for hydroxylation is 1. The van der Waals surface area contributed by atoms with Crippen LogP contribution in [0.4, 0.5) is 11.6 Å². The Hall–Kier alpha value is -3.66. The van der Waals surface area contributed by atoms with E-state index in [-0.39, 0.29) is 25.4 Å². The fourth-order valence-electron chi connectivity index (χ4n) is 4.27. The topological polar surface area (TPSA) is 102 Å². The molecule has 3 N–H and O–H groups in total. The lowest BCUT2D eigenvalue weighted by Crippen LogP contribution is -2.36. The number of methoxy groups -OCH3 is 1. The minimum Gasteiger partial charge on any atom is -0.457 e. The first-order chi connectivity index (χ1) is 17.5. The van der Waals surface area contributed by atoms with Crippen molar-refractivity contribution in [3.05, 3.63) is 71.5 Å². The van der Waals surface area contributed by atoms with Gasteiger partial charge in [-0.05, 0) is 48.9 Å². The molecular weight excluding hydrogens is 492 g/mol. The summed E-state index contributed by atoms with van der Waals surface area (Å²) in [6, 6.07) is 16.8. The van der Waals surface area contributed by atoms with Gasteiger partial charge in [-0.3, -0.25) is 9.78 Å². The number of carbonyl (C=O) groups is 1. The van der Waals surface area contributed by atoms with E-state index in [0.717, 1.165) is 23.1 Å². The van der Waals surface area contributed by atoms with Crippen molar-refractivity contribution >= 4 is 40.2 Å². The van der Waals surface area contributed by atoms with Crippen LogP contribution in [0.15, 0.2) is 60.8 Å². The molecule has 10 heteroatoms. The molecule has 1 amide bonds. The number of hydrogen-bond donors (Lipinski definition) is 3. The van der Waals surface area contributed by atoms with E-state index in [0.29, 0.717) is 41.3 Å². The molecule has 1 aliphatic heterocycles. The summed E-state index contributed by atoms with van der Waals surface area (Å²) in [4.78, 5) is 21.7. The average molecular weight is 523 g/mol. The molecule has 1 fully saturated rings. The van der Waals surface area contributed by atoms with Crippen LogP contribution >= 0.6 is 11.6 Å². The van der Waals surface area contributed by atoms with E-state index in [2.05, 4.69) is 20.9 Å². The molecular formula is C27H31ClN6O3. The predicted molar refractivity (Wildman–Crippen MR) is 146 cm³/mol. The Labute approximate surface area is 221 Å². The molecule has 0 aliphatic carbocycles. The van der Waals surface area contributed by atoms with E-state index in [1.54, 1.807) is 25.4 Å². The van der Waals surface area contributed by atoms with Crippen molar-refractivity contribution in [3.8, 4) is 11.5 Å². The van der Waals surface area contributed by atoms with Crippen LogP contribution in [0, 0.1) is 0 Å². The van der Waals surface area contributed by atoms with Crippen molar-refractivity contribution in [2.75, 3.05) is 25.6 Å². The number of hydrogen-bond acceptors (Lipinski definition) is 7. The molecule has 0 saturated carbocycles. The lowest BCUT2D eigenvalue weighted by atomic mass is 10.2. The molecule has 3 heterocycles. The molecule has 0 unspecified atom stereocenters. The van der Waals surface area contributed by atoms with Gasteiger partial charge in [0.05, 0.1) is 17.6 Å². The number of nitrogens with zero attached hydrogens (tertiary/aromatic N) is 3. The normalized spacial score (nSPS) is 16.8. The highest BCUT2D eigenvalue weighted by molar-refractivity contribution is 6.30. The van der Waals surface area contributed by atoms with Gasteiger partial charge in [-0.2, -0.15) is 0 Å². The smallest absolute Gasteiger partial charge is 0.270 e. The zero-order chi connectivity index (χ0) is 25.1. The van der Waals surface area contributed by atoms with E-state index in [1.165, 1.54) is 0 Å². The van der Waals surface area contributed by atoms with Gasteiger partial charge in [0.1, 0.15) is 17.2 Å². The molecule has 0 spiro atoms. The first-order valence-corrected chi connectivity index (χ1v) is 12.0. The van der Waals surface area contributed by atoms with E-state index >= 15 is 0 Å². The number of nitrogens with one attached hydrogen (secondary N) is 3. The highest BCUT2D eigenvalue weighted by Gasteiger charge is 2.25. The highest BCUT2D eigenvalue weighted by atomic mass is 35.5. The second-order valence-corrected chi connectivity index (χ2v) is 9.16. The zero-order valence-corrected chi connectivity index (χ0v) is 20.7. The molecule has 0 radical (unpaired) electrons. The van der Waals surface area contributed by atoms with Gasteiger partial charge < -0.3 is 30.0 Å². The molecule has 5 rings (SSSR count). The van der Waals surface area contributed by atoms with Crippen LogP contribution < -0.4 is 20.7 Å². The number of imidazole rings is 1. The number of anilines is 2. The maximum absolute atomic E-state index is 12.7. The first kappa shape index (κ1) is 26.4. The number of amides is 1. The monoisotopic (exact) mass is 522 g/mol. The second kappa shape index (κ2) is 11.6. The predicted octanol–water partition coefficient (Wildman–Crippen LogP) is 4.90. The van der Waals surface area contributed by atoms with E-state index in [1.807, 2.05) is 54.1 Å². The molecule has 4 aromatic rings. The Morgan fingerprint density at radius 2 is 1.95 bits per heavy atom. The van der Waals surface area contributed by atoms with Gasteiger partial charge in [-0.25, -0.2) is 4.98 Å². The minimum absolute atomic E-state index is 0. The van der Waals surface area contributed by atoms with Crippen LogP contribution in [0.3, 0.4) is 0 Å². The molecule has 2 atom stereocenters. The second-order valence-electron chi connectivity index (χ2n) is 8.72. The van der Waals surface area contributed by atoms with Crippen LogP contribution in [0.1, 0.15) is 24.3 Å². The maximum Gasteiger partial charge on any atom is 0.270 e. The maximum atomic E-state index is 12.7. The fourth-order valence-corrected chi connectivity index (χ4v) is 4.39. The quantitative estimate of drug-likeness (QED) is 0.302. The Morgan fingerprint density at radius 1 is 1.16 bits per heavy atom. The van der Waals surface area contributed by atoms with Crippen LogP contribution in [-0.2, 0) is 11.8 Å². The summed E-state index contributed by atoms with van der Waals surface area (Å²) in [5.74, 6) is 1.59. The number of halogens is 1. The number of fused-ring (bicyclic) bond motifs is 1. The number of carbonyl (C=O) groups excluding carboxylic acids is 1. The number of ether oxygens (including phenoxy) is 2. The minimum atomic E-state index is -0.233. The molecule has 194 valence electrons. The lowest BCUT2D eigenvalue weighted by molar-refractivity contribution is 0.0933. The molecule has 9 nitrogen and oxygen atoms in total. The molecule has 1 aliphatic rings. The van der Waals surface area contributed by atoms with Crippen LogP contribution in [0.5, 0.6) is 11.5 Å². The van der Waals surface area contributed by atoms with Gasteiger partial charge in [0.25, 0.3) is 5.91 Å². The number of aromatic nitrogens is 3. The third-order valence-electron chi connectivity index (χ3n) is 6.08.